The van der Waals surface area contributed by atoms with E-state index in [1.807, 2.05) is 0 Å². The van der Waals surface area contributed by atoms with E-state index in [-0.39, 0.29) is 0 Å². The number of benzene rings is 1. The van der Waals surface area contributed by atoms with Crippen LogP contribution in [0.15, 0.2) is 18.2 Å². The van der Waals surface area contributed by atoms with E-state index < -0.39 is 10.9 Å². The van der Waals surface area contributed by atoms with E-state index in [2.05, 4.69) is 0 Å². The van der Waals surface area contributed by atoms with E-state index in [1.54, 1.807) is 12.1 Å². The Balaban J connectivity index is 2.87. The fourth-order valence-electron chi connectivity index (χ4n) is 1.01. The highest BCUT2D eigenvalue weighted by atomic mass is 35.5. The Morgan fingerprint density at radius 3 is 2.75 bits per heavy atom. The molecule has 0 spiro atoms. The molecule has 0 aliphatic heterocycles. The molecule has 1 aromatic heterocycles. The summed E-state index contributed by atoms with van der Waals surface area (Å²) in [6.07, 6.45) is 0. The Bertz CT molecular complexity index is 436. The second-order valence-corrected chi connectivity index (χ2v) is 3.77. The molecular formula is C8H3ClF2S. The van der Waals surface area contributed by atoms with Gasteiger partial charge in [-0.1, -0.05) is 11.6 Å². The van der Waals surface area contributed by atoms with Crippen LogP contribution in [0.2, 0.25) is 5.02 Å². The minimum Gasteiger partial charge on any atom is -0.202 e. The Labute approximate surface area is 76.4 Å². The maximum Gasteiger partial charge on any atom is 0.213 e. The minimum absolute atomic E-state index is 0.293. The van der Waals surface area contributed by atoms with Gasteiger partial charge in [-0.3, -0.25) is 0 Å². The van der Waals surface area contributed by atoms with Gasteiger partial charge in [0.15, 0.2) is 5.82 Å². The lowest BCUT2D eigenvalue weighted by Crippen LogP contribution is -1.71. The van der Waals surface area contributed by atoms with E-state index in [1.165, 1.54) is 6.07 Å². The third-order valence-electron chi connectivity index (χ3n) is 1.55. The van der Waals surface area contributed by atoms with Crippen molar-refractivity contribution in [3.63, 3.8) is 0 Å². The molecule has 0 radical (unpaired) electrons. The maximum atomic E-state index is 12.9. The zero-order chi connectivity index (χ0) is 8.72. The summed E-state index contributed by atoms with van der Waals surface area (Å²) in [4.78, 5) is 0. The number of rotatable bonds is 0. The second-order valence-electron chi connectivity index (χ2n) is 2.33. The van der Waals surface area contributed by atoms with E-state index in [4.69, 9.17) is 11.6 Å². The molecule has 0 N–H and O–H groups in total. The van der Waals surface area contributed by atoms with Crippen molar-refractivity contribution in [3.8, 4) is 0 Å². The van der Waals surface area contributed by atoms with Crippen molar-refractivity contribution in [2.24, 2.45) is 0 Å². The molecule has 0 aliphatic carbocycles. The summed E-state index contributed by atoms with van der Waals surface area (Å²) >= 11 is 6.41. The summed E-state index contributed by atoms with van der Waals surface area (Å²) in [5.41, 5.74) is 0. The molecule has 0 amide bonds. The van der Waals surface area contributed by atoms with Crippen LogP contribution >= 0.6 is 22.9 Å². The Hall–Kier alpha value is -0.670. The molecule has 1 aromatic carbocycles. The predicted molar refractivity (Wildman–Crippen MR) is 46.8 cm³/mol. The molecule has 0 nitrogen and oxygen atoms in total. The Morgan fingerprint density at radius 2 is 2.00 bits per heavy atom. The van der Waals surface area contributed by atoms with Crippen LogP contribution in [0.1, 0.15) is 0 Å². The van der Waals surface area contributed by atoms with Crippen LogP contribution in [0.5, 0.6) is 0 Å². The topological polar surface area (TPSA) is 0 Å². The van der Waals surface area contributed by atoms with Crippen molar-refractivity contribution in [2.75, 3.05) is 0 Å². The molecule has 0 bridgehead atoms. The van der Waals surface area contributed by atoms with Crippen molar-refractivity contribution in [3.05, 3.63) is 34.2 Å². The van der Waals surface area contributed by atoms with Crippen LogP contribution in [-0.2, 0) is 0 Å². The van der Waals surface area contributed by atoms with Gasteiger partial charge in [0.05, 0.1) is 0 Å². The first-order valence-corrected chi connectivity index (χ1v) is 4.41. The summed E-state index contributed by atoms with van der Waals surface area (Å²) in [6, 6.07) is 4.57. The zero-order valence-corrected chi connectivity index (χ0v) is 7.35. The molecule has 0 atom stereocenters. The molecule has 0 aliphatic rings. The quantitative estimate of drug-likeness (QED) is 0.612. The van der Waals surface area contributed by atoms with E-state index in [0.717, 1.165) is 11.3 Å². The van der Waals surface area contributed by atoms with Gasteiger partial charge in [-0.05, 0) is 18.2 Å². The van der Waals surface area contributed by atoms with Gasteiger partial charge >= 0.3 is 0 Å². The number of hydrogen-bond donors (Lipinski definition) is 0. The minimum atomic E-state index is -0.785. The summed E-state index contributed by atoms with van der Waals surface area (Å²) < 4.78 is 26.1. The molecule has 4 heteroatoms. The highest BCUT2D eigenvalue weighted by Crippen LogP contribution is 2.30. The van der Waals surface area contributed by atoms with Gasteiger partial charge in [-0.15, -0.1) is 11.3 Å². The van der Waals surface area contributed by atoms with Crippen LogP contribution in [-0.4, -0.2) is 0 Å². The monoisotopic (exact) mass is 204 g/mol. The van der Waals surface area contributed by atoms with Crippen LogP contribution in [0.4, 0.5) is 8.78 Å². The number of hydrogen-bond acceptors (Lipinski definition) is 1. The molecule has 1 heterocycles. The van der Waals surface area contributed by atoms with Gasteiger partial charge in [0.1, 0.15) is 0 Å². The van der Waals surface area contributed by atoms with Crippen LogP contribution in [0.3, 0.4) is 0 Å². The largest absolute Gasteiger partial charge is 0.213 e. The molecule has 2 aromatic rings. The van der Waals surface area contributed by atoms with Gasteiger partial charge in [-0.2, -0.15) is 4.39 Å². The summed E-state index contributed by atoms with van der Waals surface area (Å²) in [5.74, 6) is -0.785. The molecular weight excluding hydrogens is 202 g/mol. The van der Waals surface area contributed by atoms with Gasteiger partial charge in [0.2, 0.25) is 5.13 Å². The van der Waals surface area contributed by atoms with Gasteiger partial charge in [0, 0.05) is 15.1 Å². The lowest BCUT2D eigenvalue weighted by molar-refractivity contribution is 0.538. The lowest BCUT2D eigenvalue weighted by atomic mass is 10.2. The third kappa shape index (κ3) is 1.09. The standard InChI is InChI=1S/C8H3ClF2S/c9-4-1-2-5-6(3-4)12-8(11)7(5)10/h1-3H. The van der Waals surface area contributed by atoms with E-state index >= 15 is 0 Å². The first-order valence-electron chi connectivity index (χ1n) is 3.21. The van der Waals surface area contributed by atoms with Crippen molar-refractivity contribution in [2.45, 2.75) is 0 Å². The average Bonchev–Trinajstić information content (AvgIpc) is 2.28. The van der Waals surface area contributed by atoms with Crippen molar-refractivity contribution < 1.29 is 8.78 Å². The van der Waals surface area contributed by atoms with E-state index in [9.17, 15) is 8.78 Å². The fraction of sp³-hybridized carbons (Fsp3) is 0. The second kappa shape index (κ2) is 2.68. The molecule has 2 rings (SSSR count). The average molecular weight is 205 g/mol. The lowest BCUT2D eigenvalue weighted by Gasteiger charge is -1.88. The van der Waals surface area contributed by atoms with Crippen LogP contribution < -0.4 is 0 Å². The van der Waals surface area contributed by atoms with Crippen molar-refractivity contribution in [1.29, 1.82) is 0 Å². The summed E-state index contributed by atoms with van der Waals surface area (Å²) in [7, 11) is 0. The normalized spacial score (nSPS) is 10.9. The zero-order valence-electron chi connectivity index (χ0n) is 5.77. The molecule has 0 saturated carbocycles. The third-order valence-corrected chi connectivity index (χ3v) is 2.70. The highest BCUT2D eigenvalue weighted by molar-refractivity contribution is 7.17. The molecule has 62 valence electrons. The smallest absolute Gasteiger partial charge is 0.202 e. The van der Waals surface area contributed by atoms with Crippen LogP contribution in [0, 0.1) is 10.9 Å². The van der Waals surface area contributed by atoms with Crippen molar-refractivity contribution >= 4 is 33.0 Å². The Morgan fingerprint density at radius 1 is 1.25 bits per heavy atom. The van der Waals surface area contributed by atoms with Gasteiger partial charge < -0.3 is 0 Å². The number of halogens is 3. The summed E-state index contributed by atoms with van der Waals surface area (Å²) in [6.45, 7) is 0. The fourth-order valence-corrected chi connectivity index (χ4v) is 2.09. The Kier molecular flexibility index (Phi) is 1.77. The molecule has 12 heavy (non-hydrogen) atoms. The molecule has 0 unspecified atom stereocenters. The van der Waals surface area contributed by atoms with Crippen LogP contribution in [0.25, 0.3) is 10.1 Å². The molecule has 0 fully saturated rings. The SMILES string of the molecule is Fc1sc2cc(Cl)ccc2c1F. The van der Waals surface area contributed by atoms with Gasteiger partial charge in [0.25, 0.3) is 0 Å². The first-order chi connectivity index (χ1) is 5.68. The highest BCUT2D eigenvalue weighted by Gasteiger charge is 2.10. The number of thiophene rings is 1. The van der Waals surface area contributed by atoms with Gasteiger partial charge in [-0.25, -0.2) is 4.39 Å². The van der Waals surface area contributed by atoms with Crippen molar-refractivity contribution in [1.82, 2.24) is 0 Å². The first kappa shape index (κ1) is 7.95. The molecule has 0 saturated heterocycles. The maximum absolute atomic E-state index is 12.9. The number of fused-ring (bicyclic) bond motifs is 1. The van der Waals surface area contributed by atoms with E-state index in [0.29, 0.717) is 15.1 Å². The summed E-state index contributed by atoms with van der Waals surface area (Å²) in [5, 5.41) is -0.00193. The predicted octanol–water partition coefficient (Wildman–Crippen LogP) is 3.83.